The first-order valence-electron chi connectivity index (χ1n) is 7.39. The molecule has 0 aromatic heterocycles. The standard InChI is InChI=1S/C18H16FNO3/c1-23-18(22)14-6-4-13(5-7-14)17(21)20-10-2-3-12-8-9-15(19)11-16(12)20/h4-9,11H,2-3,10H2,1H3. The van der Waals surface area contributed by atoms with E-state index in [1.54, 1.807) is 35.2 Å². The molecule has 0 bridgehead atoms. The van der Waals surface area contributed by atoms with E-state index in [1.165, 1.54) is 19.2 Å². The lowest BCUT2D eigenvalue weighted by atomic mass is 10.0. The summed E-state index contributed by atoms with van der Waals surface area (Å²) in [5.74, 6) is -1.01. The molecule has 2 aromatic rings. The fourth-order valence-corrected chi connectivity index (χ4v) is 2.78. The number of hydrogen-bond donors (Lipinski definition) is 0. The van der Waals surface area contributed by atoms with E-state index in [0.29, 0.717) is 23.4 Å². The zero-order chi connectivity index (χ0) is 16.4. The number of amides is 1. The molecule has 1 heterocycles. The molecule has 1 aliphatic heterocycles. The molecule has 0 aliphatic carbocycles. The normalized spacial score (nSPS) is 13.4. The van der Waals surface area contributed by atoms with Crippen molar-refractivity contribution in [2.24, 2.45) is 0 Å². The summed E-state index contributed by atoms with van der Waals surface area (Å²) in [6.45, 7) is 0.550. The monoisotopic (exact) mass is 313 g/mol. The van der Waals surface area contributed by atoms with Gasteiger partial charge in [-0.3, -0.25) is 4.79 Å². The zero-order valence-electron chi connectivity index (χ0n) is 12.7. The molecule has 118 valence electrons. The minimum absolute atomic E-state index is 0.201. The van der Waals surface area contributed by atoms with E-state index >= 15 is 0 Å². The third-order valence-electron chi connectivity index (χ3n) is 3.96. The van der Waals surface area contributed by atoms with Crippen LogP contribution in [0.4, 0.5) is 10.1 Å². The predicted molar refractivity (Wildman–Crippen MR) is 84.2 cm³/mol. The summed E-state index contributed by atoms with van der Waals surface area (Å²) in [5, 5.41) is 0. The number of rotatable bonds is 2. The smallest absolute Gasteiger partial charge is 0.337 e. The van der Waals surface area contributed by atoms with Crippen LogP contribution in [0.15, 0.2) is 42.5 Å². The van der Waals surface area contributed by atoms with Gasteiger partial charge < -0.3 is 9.64 Å². The summed E-state index contributed by atoms with van der Waals surface area (Å²) in [7, 11) is 1.31. The summed E-state index contributed by atoms with van der Waals surface area (Å²) in [5.41, 5.74) is 2.43. The Hall–Kier alpha value is -2.69. The van der Waals surface area contributed by atoms with Crippen LogP contribution < -0.4 is 4.90 Å². The lowest BCUT2D eigenvalue weighted by molar-refractivity contribution is 0.0600. The number of methoxy groups -OCH3 is 1. The van der Waals surface area contributed by atoms with E-state index in [9.17, 15) is 14.0 Å². The Morgan fingerprint density at radius 3 is 2.48 bits per heavy atom. The number of nitrogens with zero attached hydrogens (tertiary/aromatic N) is 1. The van der Waals surface area contributed by atoms with Gasteiger partial charge in [0, 0.05) is 12.1 Å². The Morgan fingerprint density at radius 2 is 1.78 bits per heavy atom. The highest BCUT2D eigenvalue weighted by Gasteiger charge is 2.24. The van der Waals surface area contributed by atoms with Gasteiger partial charge in [-0.2, -0.15) is 0 Å². The zero-order valence-corrected chi connectivity index (χ0v) is 12.7. The van der Waals surface area contributed by atoms with Gasteiger partial charge in [-0.1, -0.05) is 6.07 Å². The molecule has 3 rings (SSSR count). The van der Waals surface area contributed by atoms with Crippen molar-refractivity contribution in [2.75, 3.05) is 18.6 Å². The van der Waals surface area contributed by atoms with Gasteiger partial charge in [-0.05, 0) is 54.8 Å². The van der Waals surface area contributed by atoms with Crippen molar-refractivity contribution in [3.63, 3.8) is 0 Å². The first-order chi connectivity index (χ1) is 11.1. The van der Waals surface area contributed by atoms with Gasteiger partial charge in [-0.25, -0.2) is 9.18 Å². The molecule has 5 heteroatoms. The second kappa shape index (κ2) is 6.20. The lowest BCUT2D eigenvalue weighted by Gasteiger charge is -2.29. The molecule has 0 spiro atoms. The Kier molecular flexibility index (Phi) is 4.10. The van der Waals surface area contributed by atoms with E-state index in [2.05, 4.69) is 4.74 Å². The number of carbonyl (C=O) groups is 2. The van der Waals surface area contributed by atoms with Crippen LogP contribution in [0.25, 0.3) is 0 Å². The van der Waals surface area contributed by atoms with Crippen LogP contribution in [0.5, 0.6) is 0 Å². The minimum atomic E-state index is -0.450. The minimum Gasteiger partial charge on any atom is -0.465 e. The molecular weight excluding hydrogens is 297 g/mol. The van der Waals surface area contributed by atoms with Gasteiger partial charge in [0.15, 0.2) is 0 Å². The molecule has 0 saturated heterocycles. The number of aryl methyl sites for hydroxylation is 1. The maximum absolute atomic E-state index is 13.5. The molecule has 4 nitrogen and oxygen atoms in total. The van der Waals surface area contributed by atoms with E-state index in [0.717, 1.165) is 18.4 Å². The molecule has 0 atom stereocenters. The lowest BCUT2D eigenvalue weighted by Crippen LogP contribution is -2.35. The molecule has 23 heavy (non-hydrogen) atoms. The van der Waals surface area contributed by atoms with Crippen molar-refractivity contribution < 1.29 is 18.7 Å². The molecule has 0 fully saturated rings. The fourth-order valence-electron chi connectivity index (χ4n) is 2.78. The maximum Gasteiger partial charge on any atom is 0.337 e. The number of fused-ring (bicyclic) bond motifs is 1. The molecule has 0 unspecified atom stereocenters. The van der Waals surface area contributed by atoms with Crippen molar-refractivity contribution in [1.82, 2.24) is 0 Å². The molecule has 0 radical (unpaired) electrons. The van der Waals surface area contributed by atoms with E-state index < -0.39 is 5.97 Å². The van der Waals surface area contributed by atoms with Crippen LogP contribution >= 0.6 is 0 Å². The third kappa shape index (κ3) is 2.95. The summed E-state index contributed by atoms with van der Waals surface area (Å²) < 4.78 is 18.2. The molecular formula is C18H16FNO3. The maximum atomic E-state index is 13.5. The topological polar surface area (TPSA) is 46.6 Å². The molecule has 1 aliphatic rings. The number of benzene rings is 2. The van der Waals surface area contributed by atoms with Gasteiger partial charge in [0.25, 0.3) is 5.91 Å². The molecule has 0 saturated carbocycles. The van der Waals surface area contributed by atoms with E-state index in [-0.39, 0.29) is 11.7 Å². The van der Waals surface area contributed by atoms with Gasteiger partial charge in [0.2, 0.25) is 0 Å². The second-order valence-corrected chi connectivity index (χ2v) is 5.40. The summed E-state index contributed by atoms with van der Waals surface area (Å²) in [4.78, 5) is 25.7. The molecule has 0 N–H and O–H groups in total. The number of anilines is 1. The number of ether oxygens (including phenoxy) is 1. The van der Waals surface area contributed by atoms with Crippen LogP contribution in [0, 0.1) is 5.82 Å². The van der Waals surface area contributed by atoms with Crippen molar-refractivity contribution >= 4 is 17.6 Å². The van der Waals surface area contributed by atoms with Crippen molar-refractivity contribution in [2.45, 2.75) is 12.8 Å². The highest BCUT2D eigenvalue weighted by molar-refractivity contribution is 6.07. The van der Waals surface area contributed by atoms with Gasteiger partial charge in [-0.15, -0.1) is 0 Å². The second-order valence-electron chi connectivity index (χ2n) is 5.40. The van der Waals surface area contributed by atoms with Crippen LogP contribution in [0.1, 0.15) is 32.7 Å². The Labute approximate surface area is 133 Å². The number of hydrogen-bond acceptors (Lipinski definition) is 3. The van der Waals surface area contributed by atoms with Crippen molar-refractivity contribution in [3.8, 4) is 0 Å². The van der Waals surface area contributed by atoms with E-state index in [1.807, 2.05) is 0 Å². The van der Waals surface area contributed by atoms with Crippen LogP contribution in [-0.4, -0.2) is 25.5 Å². The van der Waals surface area contributed by atoms with Crippen molar-refractivity contribution in [3.05, 3.63) is 65.0 Å². The SMILES string of the molecule is COC(=O)c1ccc(C(=O)N2CCCc3ccc(F)cc32)cc1. The van der Waals surface area contributed by atoms with Gasteiger partial charge >= 0.3 is 5.97 Å². The summed E-state index contributed by atoms with van der Waals surface area (Å²) in [6.07, 6.45) is 1.67. The fraction of sp³-hybridized carbons (Fsp3) is 0.222. The average molecular weight is 313 g/mol. The third-order valence-corrected chi connectivity index (χ3v) is 3.96. The van der Waals surface area contributed by atoms with Gasteiger partial charge in [0.1, 0.15) is 5.82 Å². The van der Waals surface area contributed by atoms with Crippen molar-refractivity contribution in [1.29, 1.82) is 0 Å². The Bertz CT molecular complexity index is 755. The number of esters is 1. The predicted octanol–water partition coefficient (Wildman–Crippen LogP) is 3.21. The highest BCUT2D eigenvalue weighted by atomic mass is 19.1. The van der Waals surface area contributed by atoms with Crippen LogP contribution in [-0.2, 0) is 11.2 Å². The van der Waals surface area contributed by atoms with Crippen LogP contribution in [0.3, 0.4) is 0 Å². The summed E-state index contributed by atoms with van der Waals surface area (Å²) >= 11 is 0. The Balaban J connectivity index is 1.90. The largest absolute Gasteiger partial charge is 0.465 e. The molecule has 2 aromatic carbocycles. The van der Waals surface area contributed by atoms with Gasteiger partial charge in [0.05, 0.1) is 18.4 Å². The molecule has 1 amide bonds. The number of halogens is 1. The first kappa shape index (κ1) is 15.2. The highest BCUT2D eigenvalue weighted by Crippen LogP contribution is 2.29. The van der Waals surface area contributed by atoms with E-state index in [4.69, 9.17) is 0 Å². The quantitative estimate of drug-likeness (QED) is 0.800. The first-order valence-corrected chi connectivity index (χ1v) is 7.39. The summed E-state index contributed by atoms with van der Waals surface area (Å²) in [6, 6.07) is 10.8. The average Bonchev–Trinajstić information content (AvgIpc) is 2.60. The van der Waals surface area contributed by atoms with Crippen LogP contribution in [0.2, 0.25) is 0 Å². The Morgan fingerprint density at radius 1 is 1.09 bits per heavy atom. The number of carbonyl (C=O) groups excluding carboxylic acids is 2.